The molecule has 0 spiro atoms. The molecule has 0 N–H and O–H groups in total. The minimum atomic E-state index is 0.119. The van der Waals surface area contributed by atoms with E-state index < -0.39 is 0 Å². The average molecular weight is 310 g/mol. The van der Waals surface area contributed by atoms with Crippen LogP contribution in [-0.4, -0.2) is 35.5 Å². The lowest BCUT2D eigenvalue weighted by molar-refractivity contribution is -0.122. The third-order valence-electron chi connectivity index (χ3n) is 4.22. The molecule has 1 aromatic rings. The van der Waals surface area contributed by atoms with Crippen molar-refractivity contribution in [1.29, 1.82) is 0 Å². The van der Waals surface area contributed by atoms with Crippen LogP contribution in [0.1, 0.15) is 50.4 Å². The molecule has 0 radical (unpaired) electrons. The highest BCUT2D eigenvalue weighted by molar-refractivity contribution is 7.11. The van der Waals surface area contributed by atoms with Crippen LogP contribution in [0.25, 0.3) is 0 Å². The summed E-state index contributed by atoms with van der Waals surface area (Å²) in [5.74, 6) is 0.533. The van der Waals surface area contributed by atoms with Gasteiger partial charge in [0.1, 0.15) is 5.01 Å². The van der Waals surface area contributed by atoms with E-state index in [4.69, 9.17) is 4.74 Å². The summed E-state index contributed by atoms with van der Waals surface area (Å²) in [5, 5.41) is 1.02. The lowest BCUT2D eigenvalue weighted by Gasteiger charge is -2.33. The third-order valence-corrected chi connectivity index (χ3v) is 5.63. The minimum Gasteiger partial charge on any atom is -0.381 e. The maximum Gasteiger partial charge on any atom is 0.210 e. The molecule has 21 heavy (non-hydrogen) atoms. The van der Waals surface area contributed by atoms with E-state index in [-0.39, 0.29) is 11.5 Å². The Kier molecular flexibility index (Phi) is 5.38. The van der Waals surface area contributed by atoms with Gasteiger partial charge in [0, 0.05) is 30.3 Å². The molecule has 1 aliphatic rings. The van der Waals surface area contributed by atoms with Gasteiger partial charge in [-0.3, -0.25) is 4.79 Å². The monoisotopic (exact) mass is 310 g/mol. The van der Waals surface area contributed by atoms with Crippen LogP contribution in [0.3, 0.4) is 0 Å². The summed E-state index contributed by atoms with van der Waals surface area (Å²) < 4.78 is 5.41. The Balaban J connectivity index is 2.01. The highest BCUT2D eigenvalue weighted by atomic mass is 32.1. The van der Waals surface area contributed by atoms with Crippen LogP contribution < -0.4 is 0 Å². The molecule has 2 rings (SSSR count). The van der Waals surface area contributed by atoms with Crippen molar-refractivity contribution in [2.24, 2.45) is 5.92 Å². The SMILES string of the molecule is CC(C1CCOCC1)N(C=O)Cc1ncc(C(C)(C)C)s1. The fraction of sp³-hybridized carbons (Fsp3) is 0.750. The smallest absolute Gasteiger partial charge is 0.210 e. The van der Waals surface area contributed by atoms with Gasteiger partial charge in [-0.25, -0.2) is 4.98 Å². The van der Waals surface area contributed by atoms with Gasteiger partial charge >= 0.3 is 0 Å². The second kappa shape index (κ2) is 6.88. The summed E-state index contributed by atoms with van der Waals surface area (Å²) in [4.78, 5) is 19.1. The molecular formula is C16H26N2O2S. The number of hydrogen-bond acceptors (Lipinski definition) is 4. The second-order valence-electron chi connectivity index (χ2n) is 6.84. The van der Waals surface area contributed by atoms with Crippen LogP contribution in [0.15, 0.2) is 6.20 Å². The summed E-state index contributed by atoms with van der Waals surface area (Å²) in [7, 11) is 0. The second-order valence-corrected chi connectivity index (χ2v) is 7.95. The number of aromatic nitrogens is 1. The zero-order chi connectivity index (χ0) is 15.5. The van der Waals surface area contributed by atoms with Gasteiger partial charge in [-0.05, 0) is 31.1 Å². The fourth-order valence-electron chi connectivity index (χ4n) is 2.63. The van der Waals surface area contributed by atoms with Crippen LogP contribution in [0.5, 0.6) is 0 Å². The lowest BCUT2D eigenvalue weighted by Crippen LogP contribution is -2.39. The van der Waals surface area contributed by atoms with E-state index in [9.17, 15) is 4.79 Å². The molecular weight excluding hydrogens is 284 g/mol. The summed E-state index contributed by atoms with van der Waals surface area (Å²) >= 11 is 1.71. The number of rotatable bonds is 5. The molecule has 1 saturated heterocycles. The summed E-state index contributed by atoms with van der Waals surface area (Å²) in [6.07, 6.45) is 4.99. The Morgan fingerprint density at radius 2 is 2.14 bits per heavy atom. The van der Waals surface area contributed by atoms with Gasteiger partial charge in [0.25, 0.3) is 0 Å². The predicted octanol–water partition coefficient (Wildman–Crippen LogP) is 3.21. The molecule has 1 aliphatic heterocycles. The number of ether oxygens (including phenoxy) is 1. The zero-order valence-corrected chi connectivity index (χ0v) is 14.3. The predicted molar refractivity (Wildman–Crippen MR) is 85.4 cm³/mol. The van der Waals surface area contributed by atoms with Crippen molar-refractivity contribution in [3.63, 3.8) is 0 Å². The van der Waals surface area contributed by atoms with E-state index in [1.807, 2.05) is 11.1 Å². The maximum absolute atomic E-state index is 11.5. The zero-order valence-electron chi connectivity index (χ0n) is 13.5. The first kappa shape index (κ1) is 16.4. The Labute approximate surface area is 131 Å². The molecule has 5 heteroatoms. The van der Waals surface area contributed by atoms with Crippen molar-refractivity contribution in [3.05, 3.63) is 16.1 Å². The summed E-state index contributed by atoms with van der Waals surface area (Å²) in [6, 6.07) is 0.244. The number of thiazole rings is 1. The van der Waals surface area contributed by atoms with Crippen molar-refractivity contribution in [2.45, 2.75) is 58.5 Å². The largest absolute Gasteiger partial charge is 0.381 e. The first-order valence-electron chi connectivity index (χ1n) is 7.66. The number of carbonyl (C=O) groups excluding carboxylic acids is 1. The van der Waals surface area contributed by atoms with Crippen LogP contribution >= 0.6 is 11.3 Å². The van der Waals surface area contributed by atoms with Gasteiger partial charge < -0.3 is 9.64 Å². The van der Waals surface area contributed by atoms with Crippen LogP contribution in [0.4, 0.5) is 0 Å². The minimum absolute atomic E-state index is 0.119. The Morgan fingerprint density at radius 3 is 2.67 bits per heavy atom. The molecule has 0 bridgehead atoms. The van der Waals surface area contributed by atoms with Gasteiger partial charge in [-0.15, -0.1) is 11.3 Å². The van der Waals surface area contributed by atoms with Crippen molar-refractivity contribution in [1.82, 2.24) is 9.88 Å². The van der Waals surface area contributed by atoms with Crippen molar-refractivity contribution < 1.29 is 9.53 Å². The van der Waals surface area contributed by atoms with E-state index in [0.717, 1.165) is 37.5 Å². The van der Waals surface area contributed by atoms with E-state index in [0.29, 0.717) is 12.5 Å². The maximum atomic E-state index is 11.5. The van der Waals surface area contributed by atoms with Crippen molar-refractivity contribution >= 4 is 17.7 Å². The van der Waals surface area contributed by atoms with Crippen molar-refractivity contribution in [2.75, 3.05) is 13.2 Å². The Bertz CT molecular complexity index is 461. The molecule has 0 aliphatic carbocycles. The van der Waals surface area contributed by atoms with E-state index in [1.165, 1.54) is 4.88 Å². The van der Waals surface area contributed by atoms with Crippen LogP contribution in [0.2, 0.25) is 0 Å². The molecule has 1 unspecified atom stereocenters. The topological polar surface area (TPSA) is 42.4 Å². The number of hydrogen-bond donors (Lipinski definition) is 0. The molecule has 1 fully saturated rings. The van der Waals surface area contributed by atoms with Gasteiger partial charge in [0.05, 0.1) is 6.54 Å². The molecule has 118 valence electrons. The van der Waals surface area contributed by atoms with Crippen LogP contribution in [0, 0.1) is 5.92 Å². The molecule has 1 atom stereocenters. The van der Waals surface area contributed by atoms with E-state index >= 15 is 0 Å². The van der Waals surface area contributed by atoms with Crippen molar-refractivity contribution in [3.8, 4) is 0 Å². The third kappa shape index (κ3) is 4.27. The van der Waals surface area contributed by atoms with Gasteiger partial charge in [-0.1, -0.05) is 20.8 Å². The normalized spacial score (nSPS) is 18.5. The van der Waals surface area contributed by atoms with Gasteiger partial charge in [0.15, 0.2) is 0 Å². The van der Waals surface area contributed by atoms with Crippen LogP contribution in [-0.2, 0) is 21.5 Å². The number of nitrogens with zero attached hydrogens (tertiary/aromatic N) is 2. The average Bonchev–Trinajstić information content (AvgIpc) is 2.93. The standard InChI is InChI=1S/C16H26N2O2S/c1-12(13-5-7-20-8-6-13)18(11-19)10-15-17-9-14(21-15)16(2,3)4/h9,11-13H,5-8,10H2,1-4H3. The number of amides is 1. The Hall–Kier alpha value is -0.940. The fourth-order valence-corrected chi connectivity index (χ4v) is 3.62. The molecule has 0 saturated carbocycles. The lowest BCUT2D eigenvalue weighted by atomic mass is 9.92. The Morgan fingerprint density at radius 1 is 1.48 bits per heavy atom. The molecule has 4 nitrogen and oxygen atoms in total. The summed E-state index contributed by atoms with van der Waals surface area (Å²) in [6.45, 7) is 10.9. The molecule has 2 heterocycles. The molecule has 0 aromatic carbocycles. The molecule has 1 aromatic heterocycles. The van der Waals surface area contributed by atoms with Gasteiger partial charge in [-0.2, -0.15) is 0 Å². The van der Waals surface area contributed by atoms with E-state index in [2.05, 4.69) is 32.7 Å². The number of carbonyl (C=O) groups is 1. The highest BCUT2D eigenvalue weighted by Crippen LogP contribution is 2.29. The van der Waals surface area contributed by atoms with Gasteiger partial charge in [0.2, 0.25) is 6.41 Å². The molecule has 1 amide bonds. The first-order valence-corrected chi connectivity index (χ1v) is 8.47. The first-order chi connectivity index (χ1) is 9.91. The highest BCUT2D eigenvalue weighted by Gasteiger charge is 2.26. The quantitative estimate of drug-likeness (QED) is 0.784. The van der Waals surface area contributed by atoms with E-state index in [1.54, 1.807) is 11.3 Å². The summed E-state index contributed by atoms with van der Waals surface area (Å²) in [5.41, 5.74) is 0.119.